The zero-order valence-electron chi connectivity index (χ0n) is 15.2. The fourth-order valence-corrected chi connectivity index (χ4v) is 2.60. The Morgan fingerprint density at radius 2 is 1.79 bits per heavy atom. The van der Waals surface area contributed by atoms with Crippen molar-refractivity contribution in [3.8, 4) is 22.8 Å². The lowest BCUT2D eigenvalue weighted by molar-refractivity contribution is -0.116. The molecule has 7 nitrogen and oxygen atoms in total. The first kappa shape index (κ1) is 18.9. The Morgan fingerprint density at radius 3 is 2.43 bits per heavy atom. The van der Waals surface area contributed by atoms with Gasteiger partial charge in [-0.25, -0.2) is 0 Å². The molecule has 28 heavy (non-hydrogen) atoms. The highest BCUT2D eigenvalue weighted by Gasteiger charge is 2.16. The van der Waals surface area contributed by atoms with Gasteiger partial charge in [0.1, 0.15) is 17.2 Å². The van der Waals surface area contributed by atoms with Crippen LogP contribution >= 0.6 is 0 Å². The topological polar surface area (TPSA) is 99.2 Å². The number of hydrogen-bond acceptors (Lipinski definition) is 4. The number of carbonyl (C=O) groups is 2. The molecule has 0 unspecified atom stereocenters. The summed E-state index contributed by atoms with van der Waals surface area (Å²) >= 11 is 0. The predicted octanol–water partition coefficient (Wildman–Crippen LogP) is 2.74. The normalized spacial score (nSPS) is 10.3. The molecule has 0 fully saturated rings. The van der Waals surface area contributed by atoms with E-state index in [1.165, 1.54) is 6.08 Å². The van der Waals surface area contributed by atoms with E-state index in [2.05, 4.69) is 17.0 Å². The molecule has 0 saturated heterocycles. The van der Waals surface area contributed by atoms with Crippen LogP contribution in [0.1, 0.15) is 10.4 Å². The number of benzene rings is 2. The van der Waals surface area contributed by atoms with Crippen molar-refractivity contribution in [2.75, 3.05) is 6.54 Å². The number of nitrogens with zero attached hydrogens (tertiary/aromatic N) is 2. The Balaban J connectivity index is 1.76. The van der Waals surface area contributed by atoms with E-state index in [0.717, 1.165) is 11.3 Å². The highest BCUT2D eigenvalue weighted by atomic mass is 16.5. The molecule has 1 heterocycles. The van der Waals surface area contributed by atoms with E-state index in [9.17, 15) is 9.59 Å². The van der Waals surface area contributed by atoms with Crippen LogP contribution in [0.3, 0.4) is 0 Å². The summed E-state index contributed by atoms with van der Waals surface area (Å²) in [4.78, 5) is 23.0. The Morgan fingerprint density at radius 1 is 1.11 bits per heavy atom. The van der Waals surface area contributed by atoms with Gasteiger partial charge in [0.15, 0.2) is 0 Å². The van der Waals surface area contributed by atoms with Crippen LogP contribution in [0.2, 0.25) is 0 Å². The van der Waals surface area contributed by atoms with Gasteiger partial charge in [0.2, 0.25) is 5.91 Å². The van der Waals surface area contributed by atoms with Crippen LogP contribution < -0.4 is 15.8 Å². The molecule has 1 aromatic heterocycles. The molecule has 0 aliphatic rings. The van der Waals surface area contributed by atoms with E-state index in [4.69, 9.17) is 10.5 Å². The van der Waals surface area contributed by atoms with Gasteiger partial charge in [-0.2, -0.15) is 5.10 Å². The van der Waals surface area contributed by atoms with E-state index < -0.39 is 5.91 Å². The summed E-state index contributed by atoms with van der Waals surface area (Å²) in [5, 5.41) is 7.09. The van der Waals surface area contributed by atoms with Crippen LogP contribution in [0.25, 0.3) is 11.3 Å². The molecule has 0 spiro atoms. The SMILES string of the molecule is C=CC(=O)NCCn1cc(C(N)=O)c(-c2ccc(Oc3ccccc3)cc2)n1. The Bertz CT molecular complexity index is 979. The summed E-state index contributed by atoms with van der Waals surface area (Å²) in [5.41, 5.74) is 7.03. The van der Waals surface area contributed by atoms with Crippen molar-refractivity contribution in [2.24, 2.45) is 5.73 Å². The Labute approximate surface area is 162 Å². The van der Waals surface area contributed by atoms with Crippen LogP contribution in [0, 0.1) is 0 Å². The molecular formula is C21H20N4O3. The number of hydrogen-bond donors (Lipinski definition) is 2. The van der Waals surface area contributed by atoms with Gasteiger partial charge in [0, 0.05) is 18.3 Å². The van der Waals surface area contributed by atoms with Gasteiger partial charge in [-0.1, -0.05) is 24.8 Å². The molecule has 0 bridgehead atoms. The second-order valence-electron chi connectivity index (χ2n) is 5.95. The fourth-order valence-electron chi connectivity index (χ4n) is 2.60. The fraction of sp³-hybridized carbons (Fsp3) is 0.0952. The van der Waals surface area contributed by atoms with Crippen LogP contribution in [-0.2, 0) is 11.3 Å². The molecule has 3 rings (SSSR count). The highest BCUT2D eigenvalue weighted by Crippen LogP contribution is 2.27. The number of amides is 2. The lowest BCUT2D eigenvalue weighted by atomic mass is 10.1. The number of ether oxygens (including phenoxy) is 1. The summed E-state index contributed by atoms with van der Waals surface area (Å²) in [5.74, 6) is 0.568. The predicted molar refractivity (Wildman–Crippen MR) is 106 cm³/mol. The number of nitrogens with one attached hydrogen (secondary N) is 1. The summed E-state index contributed by atoms with van der Waals surface area (Å²) < 4.78 is 7.35. The van der Waals surface area contributed by atoms with Crippen molar-refractivity contribution in [3.63, 3.8) is 0 Å². The Hall–Kier alpha value is -3.87. The maximum absolute atomic E-state index is 11.8. The highest BCUT2D eigenvalue weighted by molar-refractivity contribution is 5.98. The minimum atomic E-state index is -0.569. The smallest absolute Gasteiger partial charge is 0.252 e. The second-order valence-corrected chi connectivity index (χ2v) is 5.95. The van der Waals surface area contributed by atoms with Crippen LogP contribution in [-0.4, -0.2) is 28.1 Å². The van der Waals surface area contributed by atoms with E-state index >= 15 is 0 Å². The summed E-state index contributed by atoms with van der Waals surface area (Å²) in [7, 11) is 0. The minimum Gasteiger partial charge on any atom is -0.457 e. The van der Waals surface area contributed by atoms with Crippen molar-refractivity contribution in [2.45, 2.75) is 6.54 Å². The van der Waals surface area contributed by atoms with Crippen molar-refractivity contribution >= 4 is 11.8 Å². The van der Waals surface area contributed by atoms with Crippen molar-refractivity contribution in [3.05, 3.63) is 79.0 Å². The third-order valence-electron chi connectivity index (χ3n) is 3.96. The van der Waals surface area contributed by atoms with Crippen molar-refractivity contribution < 1.29 is 14.3 Å². The molecular weight excluding hydrogens is 356 g/mol. The van der Waals surface area contributed by atoms with Crippen LogP contribution in [0.15, 0.2) is 73.4 Å². The minimum absolute atomic E-state index is 0.267. The Kier molecular flexibility index (Phi) is 5.86. The first-order valence-corrected chi connectivity index (χ1v) is 8.67. The zero-order chi connectivity index (χ0) is 19.9. The standard InChI is InChI=1S/C21H20N4O3/c1-2-19(26)23-12-13-25-14-18(21(22)27)20(24-25)15-8-10-17(11-9-15)28-16-6-4-3-5-7-16/h2-11,14H,1,12-13H2,(H2,22,27)(H,23,26). The molecule has 3 N–H and O–H groups in total. The molecule has 0 atom stereocenters. The third kappa shape index (κ3) is 4.64. The summed E-state index contributed by atoms with van der Waals surface area (Å²) in [6.45, 7) is 4.15. The lowest BCUT2D eigenvalue weighted by Gasteiger charge is -2.06. The number of primary amides is 1. The average molecular weight is 376 g/mol. The average Bonchev–Trinajstić information content (AvgIpc) is 3.14. The number of aromatic nitrogens is 2. The first-order valence-electron chi connectivity index (χ1n) is 8.67. The van der Waals surface area contributed by atoms with Crippen LogP contribution in [0.5, 0.6) is 11.5 Å². The quantitative estimate of drug-likeness (QED) is 0.591. The first-order chi connectivity index (χ1) is 13.6. The molecule has 3 aromatic rings. The van der Waals surface area contributed by atoms with E-state index in [0.29, 0.717) is 30.1 Å². The van der Waals surface area contributed by atoms with Gasteiger partial charge in [-0.3, -0.25) is 14.3 Å². The van der Waals surface area contributed by atoms with E-state index in [1.807, 2.05) is 42.5 Å². The van der Waals surface area contributed by atoms with Crippen molar-refractivity contribution in [1.82, 2.24) is 15.1 Å². The molecule has 142 valence electrons. The molecule has 0 saturated carbocycles. The third-order valence-corrected chi connectivity index (χ3v) is 3.96. The second kappa shape index (κ2) is 8.68. The largest absolute Gasteiger partial charge is 0.457 e. The molecule has 2 aromatic carbocycles. The van der Waals surface area contributed by atoms with Gasteiger partial charge in [-0.05, 0) is 42.5 Å². The number of rotatable bonds is 8. The molecule has 7 heteroatoms. The lowest BCUT2D eigenvalue weighted by Crippen LogP contribution is -2.25. The maximum atomic E-state index is 11.8. The van der Waals surface area contributed by atoms with E-state index in [1.54, 1.807) is 23.0 Å². The van der Waals surface area contributed by atoms with Gasteiger partial charge in [0.25, 0.3) is 5.91 Å². The van der Waals surface area contributed by atoms with Gasteiger partial charge in [0.05, 0.1) is 12.1 Å². The zero-order valence-corrected chi connectivity index (χ0v) is 15.2. The summed E-state index contributed by atoms with van der Waals surface area (Å²) in [6.07, 6.45) is 2.77. The van der Waals surface area contributed by atoms with Gasteiger partial charge in [-0.15, -0.1) is 0 Å². The van der Waals surface area contributed by atoms with Gasteiger partial charge >= 0.3 is 0 Å². The molecule has 2 amide bonds. The molecule has 0 aliphatic heterocycles. The summed E-state index contributed by atoms with van der Waals surface area (Å²) in [6, 6.07) is 16.7. The number of nitrogens with two attached hydrogens (primary N) is 1. The monoisotopic (exact) mass is 376 g/mol. The van der Waals surface area contributed by atoms with Crippen LogP contribution in [0.4, 0.5) is 0 Å². The van der Waals surface area contributed by atoms with E-state index in [-0.39, 0.29) is 5.91 Å². The van der Waals surface area contributed by atoms with Gasteiger partial charge < -0.3 is 15.8 Å². The number of carbonyl (C=O) groups excluding carboxylic acids is 2. The maximum Gasteiger partial charge on any atom is 0.252 e. The molecule has 0 aliphatic carbocycles. The van der Waals surface area contributed by atoms with Crippen molar-refractivity contribution in [1.29, 1.82) is 0 Å². The number of para-hydroxylation sites is 1. The molecule has 0 radical (unpaired) electrons.